The van der Waals surface area contributed by atoms with Gasteiger partial charge in [0.15, 0.2) is 0 Å². The van der Waals surface area contributed by atoms with Crippen LogP contribution in [0.2, 0.25) is 0 Å². The van der Waals surface area contributed by atoms with Crippen molar-refractivity contribution in [3.05, 3.63) is 35.3 Å². The summed E-state index contributed by atoms with van der Waals surface area (Å²) in [4.78, 5) is 10.4. The van der Waals surface area contributed by atoms with E-state index >= 15 is 0 Å². The van der Waals surface area contributed by atoms with Gasteiger partial charge in [0.05, 0.1) is 5.52 Å². The zero-order valence-corrected chi connectivity index (χ0v) is 10.3. The molecule has 0 aliphatic rings. The summed E-state index contributed by atoms with van der Waals surface area (Å²) in [7, 11) is 0. The zero-order chi connectivity index (χ0) is 14.0. The van der Waals surface area contributed by atoms with Gasteiger partial charge in [-0.05, 0) is 30.7 Å². The monoisotopic (exact) mass is 261 g/mol. The third kappa shape index (κ3) is 2.50. The standard InChI is InChI=1S/C13H12FN3O2/c1-8-4-9(14)5-12-11(8)6-10(7-15)17(12)3-2-16-13(18)19/h4-6,16H,2-3H2,1H3,(H,18,19). The molecule has 2 aromatic rings. The lowest BCUT2D eigenvalue weighted by Crippen LogP contribution is -2.25. The molecular weight excluding hydrogens is 249 g/mol. The Labute approximate surface area is 108 Å². The van der Waals surface area contributed by atoms with E-state index in [9.17, 15) is 9.18 Å². The van der Waals surface area contributed by atoms with Crippen molar-refractivity contribution >= 4 is 17.0 Å². The summed E-state index contributed by atoms with van der Waals surface area (Å²) < 4.78 is 15.0. The number of aromatic nitrogens is 1. The van der Waals surface area contributed by atoms with E-state index < -0.39 is 6.09 Å². The van der Waals surface area contributed by atoms with Crippen LogP contribution >= 0.6 is 0 Å². The van der Waals surface area contributed by atoms with Gasteiger partial charge in [-0.1, -0.05) is 0 Å². The van der Waals surface area contributed by atoms with Crippen molar-refractivity contribution in [1.82, 2.24) is 9.88 Å². The molecule has 2 rings (SSSR count). The Morgan fingerprint density at radius 2 is 2.26 bits per heavy atom. The van der Waals surface area contributed by atoms with Gasteiger partial charge in [-0.25, -0.2) is 9.18 Å². The first kappa shape index (κ1) is 12.9. The molecule has 1 aromatic heterocycles. The zero-order valence-electron chi connectivity index (χ0n) is 10.3. The van der Waals surface area contributed by atoms with Crippen LogP contribution < -0.4 is 5.32 Å². The second-order valence-corrected chi connectivity index (χ2v) is 4.18. The maximum atomic E-state index is 13.4. The third-order valence-electron chi connectivity index (χ3n) is 2.92. The van der Waals surface area contributed by atoms with Crippen molar-refractivity contribution in [1.29, 1.82) is 5.26 Å². The molecule has 0 fully saturated rings. The van der Waals surface area contributed by atoms with Crippen molar-refractivity contribution in [2.75, 3.05) is 6.54 Å². The van der Waals surface area contributed by atoms with E-state index in [0.717, 1.165) is 10.9 Å². The minimum atomic E-state index is -1.13. The van der Waals surface area contributed by atoms with Gasteiger partial charge in [-0.3, -0.25) is 0 Å². The summed E-state index contributed by atoms with van der Waals surface area (Å²) in [5, 5.41) is 20.6. The maximum absolute atomic E-state index is 13.4. The summed E-state index contributed by atoms with van der Waals surface area (Å²) in [6.45, 7) is 2.21. The highest BCUT2D eigenvalue weighted by molar-refractivity contribution is 5.85. The molecule has 0 spiro atoms. The Morgan fingerprint density at radius 1 is 1.53 bits per heavy atom. The molecule has 19 heavy (non-hydrogen) atoms. The van der Waals surface area contributed by atoms with E-state index in [2.05, 4.69) is 5.32 Å². The number of hydrogen-bond acceptors (Lipinski definition) is 2. The number of rotatable bonds is 3. The van der Waals surface area contributed by atoms with E-state index in [-0.39, 0.29) is 18.9 Å². The molecule has 0 saturated carbocycles. The predicted molar refractivity (Wildman–Crippen MR) is 67.4 cm³/mol. The fourth-order valence-electron chi connectivity index (χ4n) is 2.10. The van der Waals surface area contributed by atoms with Crippen molar-refractivity contribution in [3.63, 3.8) is 0 Å². The first-order chi connectivity index (χ1) is 9.02. The summed E-state index contributed by atoms with van der Waals surface area (Å²) in [6.07, 6.45) is -1.13. The van der Waals surface area contributed by atoms with Crippen LogP contribution in [0.1, 0.15) is 11.3 Å². The van der Waals surface area contributed by atoms with E-state index in [1.54, 1.807) is 17.6 Å². The Balaban J connectivity index is 2.46. The van der Waals surface area contributed by atoms with E-state index in [1.165, 1.54) is 12.1 Å². The molecular formula is C13H12FN3O2. The fourth-order valence-corrected chi connectivity index (χ4v) is 2.10. The van der Waals surface area contributed by atoms with Crippen LogP contribution in [-0.4, -0.2) is 22.3 Å². The second kappa shape index (κ2) is 4.98. The number of halogens is 1. The lowest BCUT2D eigenvalue weighted by molar-refractivity contribution is 0.194. The van der Waals surface area contributed by atoms with Gasteiger partial charge in [0.1, 0.15) is 17.6 Å². The molecule has 5 nitrogen and oxygen atoms in total. The molecule has 0 aliphatic heterocycles. The number of nitrogens with zero attached hydrogens (tertiary/aromatic N) is 2. The number of nitrogens with one attached hydrogen (secondary N) is 1. The number of amides is 1. The molecule has 98 valence electrons. The number of nitriles is 1. The van der Waals surface area contributed by atoms with Crippen LogP contribution in [0.4, 0.5) is 9.18 Å². The van der Waals surface area contributed by atoms with Gasteiger partial charge in [0.25, 0.3) is 0 Å². The SMILES string of the molecule is Cc1cc(F)cc2c1cc(C#N)n2CCNC(=O)O. The minimum Gasteiger partial charge on any atom is -0.465 e. The maximum Gasteiger partial charge on any atom is 0.404 e. The molecule has 0 radical (unpaired) electrons. The minimum absolute atomic E-state index is 0.156. The molecule has 0 unspecified atom stereocenters. The molecule has 2 N–H and O–H groups in total. The van der Waals surface area contributed by atoms with Crippen LogP contribution in [0.5, 0.6) is 0 Å². The first-order valence-electron chi connectivity index (χ1n) is 5.69. The average molecular weight is 261 g/mol. The van der Waals surface area contributed by atoms with Crippen LogP contribution in [0.15, 0.2) is 18.2 Å². The van der Waals surface area contributed by atoms with Crippen molar-refractivity contribution in [2.45, 2.75) is 13.5 Å². The summed E-state index contributed by atoms with van der Waals surface area (Å²) in [6, 6.07) is 6.48. The average Bonchev–Trinajstić information content (AvgIpc) is 2.67. The third-order valence-corrected chi connectivity index (χ3v) is 2.92. The number of aryl methyl sites for hydroxylation is 1. The van der Waals surface area contributed by atoms with Crippen molar-refractivity contribution in [2.24, 2.45) is 0 Å². The van der Waals surface area contributed by atoms with Crippen LogP contribution in [0.3, 0.4) is 0 Å². The Hall–Kier alpha value is -2.55. The van der Waals surface area contributed by atoms with Crippen LogP contribution in [0, 0.1) is 24.1 Å². The quantitative estimate of drug-likeness (QED) is 0.889. The predicted octanol–water partition coefficient (Wildman–Crippen LogP) is 2.23. The molecule has 0 atom stereocenters. The fraction of sp³-hybridized carbons (Fsp3) is 0.231. The highest BCUT2D eigenvalue weighted by Crippen LogP contribution is 2.24. The smallest absolute Gasteiger partial charge is 0.404 e. The largest absolute Gasteiger partial charge is 0.465 e. The number of carboxylic acid groups (broad SMARTS) is 1. The summed E-state index contributed by atoms with van der Waals surface area (Å²) in [5.74, 6) is -0.375. The second-order valence-electron chi connectivity index (χ2n) is 4.18. The van der Waals surface area contributed by atoms with Gasteiger partial charge in [0.2, 0.25) is 0 Å². The molecule has 0 bridgehead atoms. The molecule has 1 heterocycles. The highest BCUT2D eigenvalue weighted by Gasteiger charge is 2.11. The van der Waals surface area contributed by atoms with Crippen LogP contribution in [0.25, 0.3) is 10.9 Å². The topological polar surface area (TPSA) is 78.0 Å². The Morgan fingerprint density at radius 3 is 2.89 bits per heavy atom. The number of benzene rings is 1. The number of hydrogen-bond donors (Lipinski definition) is 2. The lowest BCUT2D eigenvalue weighted by atomic mass is 10.1. The summed E-state index contributed by atoms with van der Waals surface area (Å²) >= 11 is 0. The Kier molecular flexibility index (Phi) is 3.38. The normalized spacial score (nSPS) is 10.4. The number of fused-ring (bicyclic) bond motifs is 1. The van der Waals surface area contributed by atoms with E-state index in [0.29, 0.717) is 11.2 Å². The molecule has 0 aliphatic carbocycles. The van der Waals surface area contributed by atoms with Crippen molar-refractivity contribution in [3.8, 4) is 6.07 Å². The van der Waals surface area contributed by atoms with Gasteiger partial charge < -0.3 is 15.0 Å². The Bertz CT molecular complexity index is 685. The number of carbonyl (C=O) groups is 1. The molecule has 6 heteroatoms. The lowest BCUT2D eigenvalue weighted by Gasteiger charge is -2.07. The molecule has 1 aromatic carbocycles. The van der Waals surface area contributed by atoms with Crippen molar-refractivity contribution < 1.29 is 14.3 Å². The molecule has 1 amide bonds. The van der Waals surface area contributed by atoms with E-state index in [1.807, 2.05) is 6.07 Å². The van der Waals surface area contributed by atoms with Gasteiger partial charge >= 0.3 is 6.09 Å². The van der Waals surface area contributed by atoms with E-state index in [4.69, 9.17) is 10.4 Å². The van der Waals surface area contributed by atoms with Gasteiger partial charge in [-0.15, -0.1) is 0 Å². The summed E-state index contributed by atoms with van der Waals surface area (Å²) in [5.41, 5.74) is 1.73. The van der Waals surface area contributed by atoms with Gasteiger partial charge in [0, 0.05) is 18.5 Å². The first-order valence-corrected chi connectivity index (χ1v) is 5.69. The van der Waals surface area contributed by atoms with Crippen LogP contribution in [-0.2, 0) is 6.54 Å². The highest BCUT2D eigenvalue weighted by atomic mass is 19.1. The molecule has 0 saturated heterocycles. The van der Waals surface area contributed by atoms with Gasteiger partial charge in [-0.2, -0.15) is 5.26 Å².